The number of nitrogens with one attached hydrogen (secondary N) is 1. The largest absolute Gasteiger partial charge is 0.480 e. The Bertz CT molecular complexity index is 308. The van der Waals surface area contributed by atoms with Gasteiger partial charge in [0, 0.05) is 6.54 Å². The van der Waals surface area contributed by atoms with E-state index in [0.29, 0.717) is 6.54 Å². The van der Waals surface area contributed by atoms with Crippen molar-refractivity contribution in [1.29, 1.82) is 0 Å². The van der Waals surface area contributed by atoms with Gasteiger partial charge in [0.05, 0.1) is 11.7 Å². The molecule has 0 aromatic heterocycles. The molecule has 104 valence electrons. The summed E-state index contributed by atoms with van der Waals surface area (Å²) < 4.78 is 6.21. The van der Waals surface area contributed by atoms with Gasteiger partial charge in [-0.15, -0.1) is 0 Å². The van der Waals surface area contributed by atoms with Crippen LogP contribution in [0.25, 0.3) is 0 Å². The Labute approximate surface area is 109 Å². The summed E-state index contributed by atoms with van der Waals surface area (Å²) >= 11 is 0. The van der Waals surface area contributed by atoms with Crippen molar-refractivity contribution in [1.82, 2.24) is 5.32 Å². The van der Waals surface area contributed by atoms with E-state index in [2.05, 4.69) is 5.32 Å². The molecule has 2 aliphatic rings. The number of carboxylic acids is 1. The van der Waals surface area contributed by atoms with Crippen LogP contribution in [0, 0.1) is 0 Å². The Hall–Kier alpha value is -0.610. The quantitative estimate of drug-likeness (QED) is 0.809. The van der Waals surface area contributed by atoms with Gasteiger partial charge >= 0.3 is 5.97 Å². The van der Waals surface area contributed by atoms with Crippen molar-refractivity contribution in [3.05, 3.63) is 0 Å². The summed E-state index contributed by atoms with van der Waals surface area (Å²) in [5.41, 5.74) is -0.746. The predicted octanol–water partition coefficient (Wildman–Crippen LogP) is 2.32. The Kier molecular flexibility index (Phi) is 3.97. The molecule has 4 heteroatoms. The highest BCUT2D eigenvalue weighted by molar-refractivity contribution is 5.77. The number of carbonyl (C=O) groups is 1. The highest BCUT2D eigenvalue weighted by atomic mass is 16.5. The minimum atomic E-state index is -0.869. The van der Waals surface area contributed by atoms with E-state index in [4.69, 9.17) is 9.84 Å². The lowest BCUT2D eigenvalue weighted by molar-refractivity contribution is -0.143. The standard InChI is InChI=1S/C14H25NO3/c1-13(2,12(16)17)15-10-11-6-9-14(18-11)7-4-3-5-8-14/h11,15H,3-10H2,1-2H3,(H,16,17). The van der Waals surface area contributed by atoms with Gasteiger partial charge in [0.1, 0.15) is 5.54 Å². The van der Waals surface area contributed by atoms with Gasteiger partial charge in [0.2, 0.25) is 0 Å². The van der Waals surface area contributed by atoms with Crippen molar-refractivity contribution in [2.75, 3.05) is 6.54 Å². The zero-order valence-corrected chi connectivity index (χ0v) is 11.5. The molecule has 1 aliphatic carbocycles. The fourth-order valence-corrected chi connectivity index (χ4v) is 3.05. The fraction of sp³-hybridized carbons (Fsp3) is 0.929. The molecule has 0 bridgehead atoms. The van der Waals surface area contributed by atoms with Gasteiger partial charge < -0.3 is 9.84 Å². The summed E-state index contributed by atoms with van der Waals surface area (Å²) in [7, 11) is 0. The lowest BCUT2D eigenvalue weighted by Gasteiger charge is -2.33. The van der Waals surface area contributed by atoms with Crippen molar-refractivity contribution >= 4 is 5.97 Å². The van der Waals surface area contributed by atoms with Gasteiger partial charge in [-0.1, -0.05) is 19.3 Å². The third kappa shape index (κ3) is 3.04. The normalized spacial score (nSPS) is 27.6. The minimum Gasteiger partial charge on any atom is -0.480 e. The molecule has 1 atom stereocenters. The van der Waals surface area contributed by atoms with Gasteiger partial charge in [0.15, 0.2) is 0 Å². The Morgan fingerprint density at radius 2 is 2.00 bits per heavy atom. The average Bonchev–Trinajstić information content (AvgIpc) is 2.71. The van der Waals surface area contributed by atoms with Crippen LogP contribution >= 0.6 is 0 Å². The summed E-state index contributed by atoms with van der Waals surface area (Å²) in [5.74, 6) is -0.812. The average molecular weight is 255 g/mol. The number of carboxylic acid groups (broad SMARTS) is 1. The lowest BCUT2D eigenvalue weighted by Crippen LogP contribution is -2.49. The topological polar surface area (TPSA) is 58.6 Å². The summed E-state index contributed by atoms with van der Waals surface area (Å²) in [6.07, 6.45) is 8.65. The van der Waals surface area contributed by atoms with Crippen LogP contribution < -0.4 is 5.32 Å². The molecule has 18 heavy (non-hydrogen) atoms. The Morgan fingerprint density at radius 3 is 2.61 bits per heavy atom. The zero-order chi connectivity index (χ0) is 13.2. The predicted molar refractivity (Wildman–Crippen MR) is 69.6 cm³/mol. The van der Waals surface area contributed by atoms with Crippen LogP contribution in [0.15, 0.2) is 0 Å². The van der Waals surface area contributed by atoms with E-state index >= 15 is 0 Å². The highest BCUT2D eigenvalue weighted by Gasteiger charge is 2.41. The Morgan fingerprint density at radius 1 is 1.33 bits per heavy atom. The smallest absolute Gasteiger partial charge is 0.323 e. The van der Waals surface area contributed by atoms with Crippen molar-refractivity contribution in [3.8, 4) is 0 Å². The van der Waals surface area contributed by atoms with E-state index in [-0.39, 0.29) is 11.7 Å². The molecule has 0 radical (unpaired) electrons. The molecule has 2 rings (SSSR count). The number of hydrogen-bond acceptors (Lipinski definition) is 3. The molecule has 1 saturated carbocycles. The third-order valence-electron chi connectivity index (χ3n) is 4.41. The van der Waals surface area contributed by atoms with Crippen LogP contribution in [0.2, 0.25) is 0 Å². The van der Waals surface area contributed by atoms with Crippen LogP contribution in [0.3, 0.4) is 0 Å². The number of rotatable bonds is 4. The fourth-order valence-electron chi connectivity index (χ4n) is 3.05. The molecule has 1 spiro atoms. The van der Waals surface area contributed by atoms with E-state index in [0.717, 1.165) is 12.8 Å². The molecule has 1 saturated heterocycles. The molecular formula is C14H25NO3. The maximum absolute atomic E-state index is 11.0. The third-order valence-corrected chi connectivity index (χ3v) is 4.41. The first kappa shape index (κ1) is 13.8. The molecule has 0 aromatic rings. The maximum atomic E-state index is 11.0. The summed E-state index contributed by atoms with van der Waals surface area (Å²) in [6.45, 7) is 4.03. The molecular weight excluding hydrogens is 230 g/mol. The van der Waals surface area contributed by atoms with Crippen molar-refractivity contribution < 1.29 is 14.6 Å². The van der Waals surface area contributed by atoms with Crippen molar-refractivity contribution in [3.63, 3.8) is 0 Å². The van der Waals surface area contributed by atoms with Crippen LogP contribution in [0.5, 0.6) is 0 Å². The second-order valence-electron chi connectivity index (χ2n) is 6.33. The van der Waals surface area contributed by atoms with Crippen LogP contribution in [0.1, 0.15) is 58.8 Å². The first-order chi connectivity index (χ1) is 8.44. The molecule has 4 nitrogen and oxygen atoms in total. The van der Waals surface area contributed by atoms with E-state index in [9.17, 15) is 4.79 Å². The summed E-state index contributed by atoms with van der Waals surface area (Å²) in [5, 5.41) is 12.2. The van der Waals surface area contributed by atoms with Gasteiger partial charge in [-0.2, -0.15) is 0 Å². The van der Waals surface area contributed by atoms with Crippen molar-refractivity contribution in [2.45, 2.75) is 76.0 Å². The summed E-state index contributed by atoms with van der Waals surface area (Å²) in [4.78, 5) is 11.0. The van der Waals surface area contributed by atoms with Crippen LogP contribution in [-0.4, -0.2) is 34.9 Å². The van der Waals surface area contributed by atoms with Gasteiger partial charge in [-0.3, -0.25) is 10.1 Å². The van der Waals surface area contributed by atoms with E-state index in [1.54, 1.807) is 13.8 Å². The van der Waals surface area contributed by atoms with E-state index < -0.39 is 11.5 Å². The van der Waals surface area contributed by atoms with E-state index in [1.807, 2.05) is 0 Å². The van der Waals surface area contributed by atoms with Crippen LogP contribution in [0.4, 0.5) is 0 Å². The van der Waals surface area contributed by atoms with Gasteiger partial charge in [-0.25, -0.2) is 0 Å². The second kappa shape index (κ2) is 5.17. The number of hydrogen-bond donors (Lipinski definition) is 2. The highest BCUT2D eigenvalue weighted by Crippen LogP contribution is 2.41. The molecule has 2 N–H and O–H groups in total. The van der Waals surface area contributed by atoms with Gasteiger partial charge in [-0.05, 0) is 39.5 Å². The SMILES string of the molecule is CC(C)(NCC1CCC2(CCCCC2)O1)C(=O)O. The first-order valence-electron chi connectivity index (χ1n) is 7.10. The number of ether oxygens (including phenoxy) is 1. The molecule has 1 unspecified atom stereocenters. The molecule has 1 aliphatic heterocycles. The molecule has 1 heterocycles. The molecule has 0 aromatic carbocycles. The monoisotopic (exact) mass is 255 g/mol. The van der Waals surface area contributed by atoms with Crippen molar-refractivity contribution in [2.24, 2.45) is 0 Å². The summed E-state index contributed by atoms with van der Waals surface area (Å²) in [6, 6.07) is 0. The minimum absolute atomic E-state index is 0.123. The molecule has 0 amide bonds. The second-order valence-corrected chi connectivity index (χ2v) is 6.33. The lowest BCUT2D eigenvalue weighted by atomic mass is 9.83. The number of aliphatic carboxylic acids is 1. The maximum Gasteiger partial charge on any atom is 0.323 e. The first-order valence-corrected chi connectivity index (χ1v) is 7.10. The van der Waals surface area contributed by atoms with Gasteiger partial charge in [0.25, 0.3) is 0 Å². The zero-order valence-electron chi connectivity index (χ0n) is 11.5. The molecule has 2 fully saturated rings. The van der Waals surface area contributed by atoms with Crippen LogP contribution in [-0.2, 0) is 9.53 Å². The van der Waals surface area contributed by atoms with E-state index in [1.165, 1.54) is 32.1 Å². The Balaban J connectivity index is 1.81.